The van der Waals surface area contributed by atoms with Crippen LogP contribution in [-0.2, 0) is 19.1 Å². The van der Waals surface area contributed by atoms with Gasteiger partial charge in [0.2, 0.25) is 5.78 Å². The van der Waals surface area contributed by atoms with E-state index in [2.05, 4.69) is 5.32 Å². The Labute approximate surface area is 222 Å². The van der Waals surface area contributed by atoms with Crippen molar-refractivity contribution < 1.29 is 23.9 Å². The number of Topliss-reactive ketones (excluding diaryl/α,β-unsaturated/α-hetero) is 1. The Morgan fingerprint density at radius 3 is 2.24 bits per heavy atom. The summed E-state index contributed by atoms with van der Waals surface area (Å²) in [6.07, 6.45) is 1.72. The highest BCUT2D eigenvalue weighted by Gasteiger charge is 2.38. The Morgan fingerprint density at radius 2 is 1.61 bits per heavy atom. The minimum atomic E-state index is -0.670. The fraction of sp³-hybridized carbons (Fsp3) is 0.194. The van der Waals surface area contributed by atoms with E-state index in [4.69, 9.17) is 9.47 Å². The van der Waals surface area contributed by atoms with Crippen molar-refractivity contribution in [2.45, 2.75) is 26.8 Å². The second-order valence-corrected chi connectivity index (χ2v) is 9.04. The lowest BCUT2D eigenvalue weighted by atomic mass is 10.1. The molecular weight excluding hydrogens is 480 g/mol. The molecule has 0 aliphatic carbocycles. The van der Waals surface area contributed by atoms with Crippen LogP contribution in [0.5, 0.6) is 5.75 Å². The van der Waals surface area contributed by atoms with Crippen molar-refractivity contribution in [2.75, 3.05) is 18.6 Å². The molecule has 0 radical (unpaired) electrons. The summed E-state index contributed by atoms with van der Waals surface area (Å²) in [5.74, 6) is -0.779. The molecule has 0 spiro atoms. The van der Waals surface area contributed by atoms with Crippen LogP contribution in [0.2, 0.25) is 0 Å². The number of hydrogen-bond donors (Lipinski definition) is 1. The summed E-state index contributed by atoms with van der Waals surface area (Å²) in [6, 6.07) is 24.3. The Hall–Kier alpha value is -4.65. The number of benzene rings is 3. The number of nitrogens with one attached hydrogen (secondary N) is 1. The molecule has 0 saturated heterocycles. The van der Waals surface area contributed by atoms with Gasteiger partial charge in [0, 0.05) is 11.4 Å². The van der Waals surface area contributed by atoms with Crippen molar-refractivity contribution in [2.24, 2.45) is 0 Å². The van der Waals surface area contributed by atoms with Gasteiger partial charge in [-0.1, -0.05) is 60.2 Å². The van der Waals surface area contributed by atoms with Crippen LogP contribution in [0.3, 0.4) is 0 Å². The second-order valence-electron chi connectivity index (χ2n) is 9.04. The Morgan fingerprint density at radius 1 is 0.947 bits per heavy atom. The first-order valence-electron chi connectivity index (χ1n) is 12.3. The molecule has 1 aliphatic heterocycles. The molecule has 1 amide bonds. The minimum Gasteiger partial charge on any atom is -0.484 e. The lowest BCUT2D eigenvalue weighted by Crippen LogP contribution is -2.31. The van der Waals surface area contributed by atoms with E-state index >= 15 is 0 Å². The maximum absolute atomic E-state index is 13.3. The smallest absolute Gasteiger partial charge is 0.343 e. The average molecular weight is 511 g/mol. The first-order valence-corrected chi connectivity index (χ1v) is 12.3. The molecule has 3 aromatic carbocycles. The van der Waals surface area contributed by atoms with E-state index in [1.165, 1.54) is 7.11 Å². The Balaban J connectivity index is 1.48. The summed E-state index contributed by atoms with van der Waals surface area (Å²) in [6.45, 7) is 5.51. The highest BCUT2D eigenvalue weighted by atomic mass is 16.5. The highest BCUT2D eigenvalue weighted by molar-refractivity contribution is 6.30. The number of carbonyl (C=O) groups excluding carboxylic acids is 3. The lowest BCUT2D eigenvalue weighted by molar-refractivity contribution is -0.137. The van der Waals surface area contributed by atoms with E-state index in [1.54, 1.807) is 42.2 Å². The summed E-state index contributed by atoms with van der Waals surface area (Å²) < 4.78 is 10.5. The van der Waals surface area contributed by atoms with Gasteiger partial charge < -0.3 is 19.7 Å². The number of rotatable bonds is 8. The van der Waals surface area contributed by atoms with Crippen LogP contribution >= 0.6 is 0 Å². The van der Waals surface area contributed by atoms with Crippen molar-refractivity contribution in [3.05, 3.63) is 113 Å². The fourth-order valence-corrected chi connectivity index (χ4v) is 4.26. The summed E-state index contributed by atoms with van der Waals surface area (Å²) in [4.78, 5) is 39.7. The molecule has 194 valence electrons. The molecular formula is C31H30N2O5. The molecule has 1 aliphatic rings. The maximum Gasteiger partial charge on any atom is 0.343 e. The number of ether oxygens (including phenoxy) is 2. The predicted octanol–water partition coefficient (Wildman–Crippen LogP) is 5.13. The van der Waals surface area contributed by atoms with Gasteiger partial charge in [-0.25, -0.2) is 4.79 Å². The van der Waals surface area contributed by atoms with Crippen molar-refractivity contribution in [1.82, 2.24) is 5.32 Å². The van der Waals surface area contributed by atoms with Gasteiger partial charge >= 0.3 is 5.97 Å². The minimum absolute atomic E-state index is 0.00928. The van der Waals surface area contributed by atoms with E-state index < -0.39 is 11.8 Å². The summed E-state index contributed by atoms with van der Waals surface area (Å²) in [5.41, 5.74) is 4.46. The van der Waals surface area contributed by atoms with Crippen molar-refractivity contribution in [3.8, 4) is 5.75 Å². The van der Waals surface area contributed by atoms with Gasteiger partial charge in [-0.15, -0.1) is 0 Å². The second kappa shape index (κ2) is 11.6. The van der Waals surface area contributed by atoms with Crippen molar-refractivity contribution in [3.63, 3.8) is 0 Å². The normalized spacial score (nSPS) is 15.0. The molecule has 0 fully saturated rings. The molecule has 1 N–H and O–H groups in total. The number of carbonyl (C=O) groups is 3. The number of esters is 1. The third-order valence-corrected chi connectivity index (χ3v) is 6.31. The molecule has 7 heteroatoms. The van der Waals surface area contributed by atoms with Crippen molar-refractivity contribution in [1.29, 1.82) is 0 Å². The predicted molar refractivity (Wildman–Crippen MR) is 146 cm³/mol. The Kier molecular flexibility index (Phi) is 8.06. The van der Waals surface area contributed by atoms with Crippen LogP contribution in [0, 0.1) is 6.92 Å². The number of anilines is 1. The first kappa shape index (κ1) is 26.4. The monoisotopic (exact) mass is 510 g/mol. The van der Waals surface area contributed by atoms with Crippen LogP contribution in [0.1, 0.15) is 36.6 Å². The molecule has 1 atom stereocenters. The first-order chi connectivity index (χ1) is 18.3. The zero-order chi connectivity index (χ0) is 27.2. The average Bonchev–Trinajstić information content (AvgIpc) is 3.17. The van der Waals surface area contributed by atoms with Gasteiger partial charge in [-0.3, -0.25) is 9.59 Å². The zero-order valence-electron chi connectivity index (χ0n) is 21.9. The van der Waals surface area contributed by atoms with Crippen LogP contribution < -0.4 is 15.0 Å². The van der Waals surface area contributed by atoms with E-state index in [-0.39, 0.29) is 24.1 Å². The Bertz CT molecular complexity index is 1390. The van der Waals surface area contributed by atoms with Crippen molar-refractivity contribution >= 4 is 29.4 Å². The lowest BCUT2D eigenvalue weighted by Gasteiger charge is -2.21. The number of ketones is 1. The van der Waals surface area contributed by atoms with Gasteiger partial charge in [0.1, 0.15) is 11.3 Å². The molecule has 38 heavy (non-hydrogen) atoms. The third-order valence-electron chi connectivity index (χ3n) is 6.31. The van der Waals surface area contributed by atoms with Crippen LogP contribution in [-0.4, -0.2) is 31.4 Å². The molecule has 0 saturated carbocycles. The number of aryl methyl sites for hydroxylation is 1. The highest BCUT2D eigenvalue weighted by Crippen LogP contribution is 2.35. The molecule has 0 unspecified atom stereocenters. The molecule has 7 nitrogen and oxygen atoms in total. The molecule has 0 bridgehead atoms. The molecule has 4 rings (SSSR count). The van der Waals surface area contributed by atoms with E-state index in [1.807, 2.05) is 68.4 Å². The molecule has 3 aromatic rings. The quantitative estimate of drug-likeness (QED) is 0.257. The number of methoxy groups -OCH3 is 1. The summed E-state index contributed by atoms with van der Waals surface area (Å²) in [7, 11) is 1.26. The van der Waals surface area contributed by atoms with E-state index in [9.17, 15) is 14.4 Å². The van der Waals surface area contributed by atoms with Gasteiger partial charge in [-0.05, 0) is 62.2 Å². The SMILES string of the molecule is COC(=O)C1=C(C)N(c2ccc(C)cc2)/C(=C\c2ccc(OCC(=O)N[C@H](C)c3ccccc3)cc2)C1=O. The van der Waals surface area contributed by atoms with E-state index in [0.29, 0.717) is 17.1 Å². The van der Waals surface area contributed by atoms with Gasteiger partial charge in [0.15, 0.2) is 6.61 Å². The summed E-state index contributed by atoms with van der Waals surface area (Å²) >= 11 is 0. The molecule has 1 heterocycles. The van der Waals surface area contributed by atoms with Gasteiger partial charge in [0.05, 0.1) is 18.8 Å². The van der Waals surface area contributed by atoms with Gasteiger partial charge in [-0.2, -0.15) is 0 Å². The van der Waals surface area contributed by atoms with Crippen LogP contribution in [0.25, 0.3) is 6.08 Å². The van der Waals surface area contributed by atoms with Gasteiger partial charge in [0.25, 0.3) is 5.91 Å². The third kappa shape index (κ3) is 5.83. The standard InChI is InChI=1S/C31H30N2O5/c1-20-10-14-25(15-11-20)33-22(3)29(31(36)37-4)30(35)27(33)18-23-12-16-26(17-13-23)38-19-28(34)32-21(2)24-8-6-5-7-9-24/h5-18,21H,19H2,1-4H3,(H,32,34)/b27-18-/t21-/m1/s1. The number of amides is 1. The topological polar surface area (TPSA) is 84.9 Å². The zero-order valence-corrected chi connectivity index (χ0v) is 21.9. The number of allylic oxidation sites excluding steroid dienone is 2. The fourth-order valence-electron chi connectivity index (χ4n) is 4.26. The number of nitrogens with zero attached hydrogens (tertiary/aromatic N) is 1. The number of hydrogen-bond acceptors (Lipinski definition) is 6. The maximum atomic E-state index is 13.3. The molecule has 0 aromatic heterocycles. The van der Waals surface area contributed by atoms with Crippen LogP contribution in [0.4, 0.5) is 5.69 Å². The largest absolute Gasteiger partial charge is 0.484 e. The van der Waals surface area contributed by atoms with E-state index in [0.717, 1.165) is 22.4 Å². The summed E-state index contributed by atoms with van der Waals surface area (Å²) in [5, 5.41) is 2.92. The van der Waals surface area contributed by atoms with Crippen LogP contribution in [0.15, 0.2) is 95.8 Å².